The lowest BCUT2D eigenvalue weighted by Gasteiger charge is -2.03. The van der Waals surface area contributed by atoms with Crippen LogP contribution in [0.1, 0.15) is 5.69 Å². The van der Waals surface area contributed by atoms with Gasteiger partial charge in [-0.2, -0.15) is 10.3 Å². The second-order valence-electron chi connectivity index (χ2n) is 2.94. The number of H-pyrrole nitrogens is 1. The summed E-state index contributed by atoms with van der Waals surface area (Å²) < 4.78 is 5.37. The van der Waals surface area contributed by atoms with Crippen molar-refractivity contribution in [2.75, 3.05) is 5.73 Å². The summed E-state index contributed by atoms with van der Waals surface area (Å²) in [5.74, 6) is 1.16. The first-order valence-corrected chi connectivity index (χ1v) is 4.32. The minimum Gasteiger partial charge on any atom is -0.508 e. The lowest BCUT2D eigenvalue weighted by Crippen LogP contribution is -1.99. The quantitative estimate of drug-likeness (QED) is 0.685. The van der Waals surface area contributed by atoms with Gasteiger partial charge < -0.3 is 15.6 Å². The van der Waals surface area contributed by atoms with Gasteiger partial charge in [-0.25, -0.2) is 0 Å². The lowest BCUT2D eigenvalue weighted by atomic mass is 10.3. The van der Waals surface area contributed by atoms with Crippen LogP contribution in [0.15, 0.2) is 24.3 Å². The average Bonchev–Trinajstić information content (AvgIpc) is 2.63. The Morgan fingerprint density at radius 2 is 2.00 bits per heavy atom. The molecule has 2 aromatic rings. The first kappa shape index (κ1) is 9.32. The molecule has 15 heavy (non-hydrogen) atoms. The molecule has 0 saturated heterocycles. The molecular weight excluding hydrogens is 196 g/mol. The first-order valence-electron chi connectivity index (χ1n) is 4.32. The summed E-state index contributed by atoms with van der Waals surface area (Å²) in [5.41, 5.74) is 6.06. The third-order valence-corrected chi connectivity index (χ3v) is 1.86. The highest BCUT2D eigenvalue weighted by Crippen LogP contribution is 2.17. The molecule has 78 valence electrons. The maximum absolute atomic E-state index is 9.05. The molecule has 0 saturated carbocycles. The summed E-state index contributed by atoms with van der Waals surface area (Å²) in [7, 11) is 0. The van der Waals surface area contributed by atoms with Gasteiger partial charge in [0.15, 0.2) is 5.82 Å². The average molecular weight is 206 g/mol. The first-order chi connectivity index (χ1) is 7.25. The van der Waals surface area contributed by atoms with Crippen molar-refractivity contribution in [1.82, 2.24) is 15.4 Å². The molecule has 1 heterocycles. The number of benzene rings is 1. The van der Waals surface area contributed by atoms with Crippen molar-refractivity contribution in [1.29, 1.82) is 0 Å². The van der Waals surface area contributed by atoms with E-state index in [0.29, 0.717) is 17.3 Å². The van der Waals surface area contributed by atoms with E-state index in [9.17, 15) is 0 Å². The van der Waals surface area contributed by atoms with Crippen molar-refractivity contribution in [2.45, 2.75) is 6.61 Å². The molecule has 0 aliphatic heterocycles. The standard InChI is InChI=1S/C9H10N4O2/c10-9-8(11-13-12-9)5-15-7-3-1-6(14)2-4-7/h1-4,14H,5H2,(H3,10,11,12,13). The molecule has 0 aliphatic carbocycles. The van der Waals surface area contributed by atoms with Crippen LogP contribution in [0.4, 0.5) is 5.82 Å². The SMILES string of the molecule is Nc1n[nH]nc1COc1ccc(O)cc1. The van der Waals surface area contributed by atoms with E-state index in [1.54, 1.807) is 24.3 Å². The summed E-state index contributed by atoms with van der Waals surface area (Å²) in [4.78, 5) is 0. The molecule has 1 aromatic carbocycles. The van der Waals surface area contributed by atoms with Crippen LogP contribution in [0.2, 0.25) is 0 Å². The van der Waals surface area contributed by atoms with Crippen LogP contribution in [-0.2, 0) is 6.61 Å². The number of aromatic nitrogens is 3. The van der Waals surface area contributed by atoms with Crippen LogP contribution >= 0.6 is 0 Å². The van der Waals surface area contributed by atoms with Gasteiger partial charge in [0.1, 0.15) is 23.8 Å². The Morgan fingerprint density at radius 1 is 1.27 bits per heavy atom. The lowest BCUT2D eigenvalue weighted by molar-refractivity contribution is 0.301. The topological polar surface area (TPSA) is 97.1 Å². The Kier molecular flexibility index (Phi) is 2.40. The number of nitrogen functional groups attached to an aromatic ring is 1. The molecule has 0 spiro atoms. The van der Waals surface area contributed by atoms with E-state index in [1.807, 2.05) is 0 Å². The zero-order chi connectivity index (χ0) is 10.7. The van der Waals surface area contributed by atoms with Crippen LogP contribution in [-0.4, -0.2) is 20.5 Å². The minimum atomic E-state index is 0.198. The van der Waals surface area contributed by atoms with E-state index in [4.69, 9.17) is 15.6 Å². The number of aromatic hydroxyl groups is 1. The second-order valence-corrected chi connectivity index (χ2v) is 2.94. The van der Waals surface area contributed by atoms with E-state index in [-0.39, 0.29) is 12.4 Å². The summed E-state index contributed by atoms with van der Waals surface area (Å²) in [6.45, 7) is 0.243. The maximum Gasteiger partial charge on any atom is 0.172 e. The highest BCUT2D eigenvalue weighted by Gasteiger charge is 2.04. The van der Waals surface area contributed by atoms with E-state index in [1.165, 1.54) is 0 Å². The van der Waals surface area contributed by atoms with Crippen molar-refractivity contribution in [3.05, 3.63) is 30.0 Å². The molecule has 2 rings (SSSR count). The molecule has 0 unspecified atom stereocenters. The van der Waals surface area contributed by atoms with Gasteiger partial charge in [0.2, 0.25) is 0 Å². The number of nitrogens with zero attached hydrogens (tertiary/aromatic N) is 2. The molecule has 1 aromatic heterocycles. The third-order valence-electron chi connectivity index (χ3n) is 1.86. The number of phenols is 1. The normalized spacial score (nSPS) is 10.1. The zero-order valence-electron chi connectivity index (χ0n) is 7.84. The van der Waals surface area contributed by atoms with Gasteiger partial charge in [-0.05, 0) is 24.3 Å². The Morgan fingerprint density at radius 3 is 2.60 bits per heavy atom. The Hall–Kier alpha value is -2.24. The largest absolute Gasteiger partial charge is 0.508 e. The van der Waals surface area contributed by atoms with E-state index >= 15 is 0 Å². The fourth-order valence-corrected chi connectivity index (χ4v) is 1.06. The smallest absolute Gasteiger partial charge is 0.172 e. The molecule has 4 N–H and O–H groups in total. The molecule has 0 radical (unpaired) electrons. The Balaban J connectivity index is 1.99. The maximum atomic E-state index is 9.05. The minimum absolute atomic E-state index is 0.198. The molecule has 0 bridgehead atoms. The van der Waals surface area contributed by atoms with Crippen LogP contribution in [0.5, 0.6) is 11.5 Å². The number of aromatic amines is 1. The predicted molar refractivity (Wildman–Crippen MR) is 53.2 cm³/mol. The number of hydrogen-bond donors (Lipinski definition) is 3. The molecule has 0 amide bonds. The number of rotatable bonds is 3. The van der Waals surface area contributed by atoms with Gasteiger partial charge in [-0.15, -0.1) is 5.10 Å². The number of ether oxygens (including phenoxy) is 1. The molecule has 0 fully saturated rings. The summed E-state index contributed by atoms with van der Waals surface area (Å²) >= 11 is 0. The predicted octanol–water partition coefficient (Wildman–Crippen LogP) is 0.671. The fourth-order valence-electron chi connectivity index (χ4n) is 1.06. The van der Waals surface area contributed by atoms with E-state index in [2.05, 4.69) is 15.4 Å². The number of nitrogens with two attached hydrogens (primary N) is 1. The van der Waals surface area contributed by atoms with Crippen molar-refractivity contribution in [2.24, 2.45) is 0 Å². The van der Waals surface area contributed by atoms with Gasteiger partial charge in [0.25, 0.3) is 0 Å². The Bertz CT molecular complexity index is 438. The van der Waals surface area contributed by atoms with Crippen LogP contribution in [0, 0.1) is 0 Å². The van der Waals surface area contributed by atoms with Crippen molar-refractivity contribution in [3.8, 4) is 11.5 Å². The van der Waals surface area contributed by atoms with Crippen molar-refractivity contribution >= 4 is 5.82 Å². The highest BCUT2D eigenvalue weighted by molar-refractivity contribution is 5.33. The molecule has 6 heteroatoms. The number of nitrogens with one attached hydrogen (secondary N) is 1. The summed E-state index contributed by atoms with van der Waals surface area (Å²) in [5, 5.41) is 18.9. The number of hydrogen-bond acceptors (Lipinski definition) is 5. The van der Waals surface area contributed by atoms with E-state index in [0.717, 1.165) is 0 Å². The van der Waals surface area contributed by atoms with Gasteiger partial charge in [0.05, 0.1) is 0 Å². The molecule has 0 atom stereocenters. The molecule has 0 aliphatic rings. The number of anilines is 1. The summed E-state index contributed by atoms with van der Waals surface area (Å²) in [6, 6.07) is 6.40. The highest BCUT2D eigenvalue weighted by atomic mass is 16.5. The van der Waals surface area contributed by atoms with E-state index < -0.39 is 0 Å². The zero-order valence-corrected chi connectivity index (χ0v) is 7.84. The second kappa shape index (κ2) is 3.87. The third kappa shape index (κ3) is 2.16. The number of phenolic OH excluding ortho intramolecular Hbond substituents is 1. The van der Waals surface area contributed by atoms with Gasteiger partial charge in [-0.1, -0.05) is 0 Å². The van der Waals surface area contributed by atoms with Crippen LogP contribution < -0.4 is 10.5 Å². The van der Waals surface area contributed by atoms with Gasteiger partial charge in [0, 0.05) is 0 Å². The van der Waals surface area contributed by atoms with Crippen molar-refractivity contribution in [3.63, 3.8) is 0 Å². The molecule has 6 nitrogen and oxygen atoms in total. The van der Waals surface area contributed by atoms with Gasteiger partial charge >= 0.3 is 0 Å². The fraction of sp³-hybridized carbons (Fsp3) is 0.111. The molecular formula is C9H10N4O2. The van der Waals surface area contributed by atoms with Crippen LogP contribution in [0.3, 0.4) is 0 Å². The van der Waals surface area contributed by atoms with Gasteiger partial charge in [-0.3, -0.25) is 0 Å². The monoisotopic (exact) mass is 206 g/mol. The van der Waals surface area contributed by atoms with Crippen molar-refractivity contribution < 1.29 is 9.84 Å². The summed E-state index contributed by atoms with van der Waals surface area (Å²) in [6.07, 6.45) is 0. The van der Waals surface area contributed by atoms with Crippen LogP contribution in [0.25, 0.3) is 0 Å². The Labute approximate surface area is 85.7 Å².